The smallest absolute Gasteiger partial charge is 0.164 e. The minimum atomic E-state index is -0.319. The van der Waals surface area contributed by atoms with Gasteiger partial charge in [-0.25, -0.2) is 0 Å². The van der Waals surface area contributed by atoms with Crippen LogP contribution in [0.1, 0.15) is 32.1 Å². The van der Waals surface area contributed by atoms with E-state index in [-0.39, 0.29) is 23.6 Å². The second-order valence-electron chi connectivity index (χ2n) is 5.68. The van der Waals surface area contributed by atoms with Gasteiger partial charge >= 0.3 is 0 Å². The molecule has 1 unspecified atom stereocenters. The number of ether oxygens (including phenoxy) is 4. The SMILES string of the molecule is O=C(CC1OCCO1)C1CCOC2(CCOCC2)C1. The summed E-state index contributed by atoms with van der Waals surface area (Å²) in [5.74, 6) is 0.362. The normalized spacial score (nSPS) is 31.7. The summed E-state index contributed by atoms with van der Waals surface area (Å²) < 4.78 is 22.1. The molecule has 0 aliphatic carbocycles. The molecule has 1 spiro atoms. The van der Waals surface area contributed by atoms with Crippen molar-refractivity contribution in [3.8, 4) is 0 Å². The molecule has 5 nitrogen and oxygen atoms in total. The summed E-state index contributed by atoms with van der Waals surface area (Å²) in [5.41, 5.74) is -0.117. The van der Waals surface area contributed by atoms with Crippen LogP contribution in [-0.2, 0) is 23.7 Å². The van der Waals surface area contributed by atoms with Crippen LogP contribution in [0.5, 0.6) is 0 Å². The van der Waals surface area contributed by atoms with Gasteiger partial charge in [0.05, 0.1) is 25.2 Å². The van der Waals surface area contributed by atoms with Gasteiger partial charge in [-0.1, -0.05) is 0 Å². The molecule has 108 valence electrons. The van der Waals surface area contributed by atoms with Gasteiger partial charge in [0.15, 0.2) is 6.29 Å². The fourth-order valence-corrected chi connectivity index (χ4v) is 3.25. The molecule has 0 aromatic carbocycles. The summed E-state index contributed by atoms with van der Waals surface area (Å²) >= 11 is 0. The van der Waals surface area contributed by atoms with Crippen LogP contribution in [0.4, 0.5) is 0 Å². The minimum Gasteiger partial charge on any atom is -0.381 e. The lowest BCUT2D eigenvalue weighted by molar-refractivity contribution is -0.160. The average Bonchev–Trinajstić information content (AvgIpc) is 2.92. The van der Waals surface area contributed by atoms with E-state index in [1.807, 2.05) is 0 Å². The van der Waals surface area contributed by atoms with E-state index in [1.165, 1.54) is 0 Å². The topological polar surface area (TPSA) is 54.0 Å². The van der Waals surface area contributed by atoms with Crippen LogP contribution in [-0.4, -0.2) is 50.7 Å². The van der Waals surface area contributed by atoms with Crippen molar-refractivity contribution < 1.29 is 23.7 Å². The van der Waals surface area contributed by atoms with Crippen LogP contribution in [0, 0.1) is 5.92 Å². The molecule has 5 heteroatoms. The maximum absolute atomic E-state index is 12.3. The van der Waals surface area contributed by atoms with Gasteiger partial charge in [-0.3, -0.25) is 4.79 Å². The Hall–Kier alpha value is -0.490. The maximum atomic E-state index is 12.3. The van der Waals surface area contributed by atoms with Gasteiger partial charge in [0, 0.05) is 25.7 Å². The molecule has 0 saturated carbocycles. The molecule has 3 saturated heterocycles. The van der Waals surface area contributed by atoms with Crippen molar-refractivity contribution in [2.24, 2.45) is 5.92 Å². The van der Waals surface area contributed by atoms with Gasteiger partial charge in [0.2, 0.25) is 0 Å². The van der Waals surface area contributed by atoms with Crippen molar-refractivity contribution in [3.05, 3.63) is 0 Å². The lowest BCUT2D eigenvalue weighted by Crippen LogP contribution is -2.46. The molecular formula is C14H22O5. The number of carbonyl (C=O) groups is 1. The van der Waals surface area contributed by atoms with Gasteiger partial charge in [0.1, 0.15) is 5.78 Å². The van der Waals surface area contributed by atoms with Crippen LogP contribution in [0.25, 0.3) is 0 Å². The highest BCUT2D eigenvalue weighted by molar-refractivity contribution is 5.81. The molecule has 3 heterocycles. The predicted molar refractivity (Wildman–Crippen MR) is 66.8 cm³/mol. The van der Waals surface area contributed by atoms with Gasteiger partial charge < -0.3 is 18.9 Å². The summed E-state index contributed by atoms with van der Waals surface area (Å²) in [7, 11) is 0. The fraction of sp³-hybridized carbons (Fsp3) is 0.929. The Morgan fingerprint density at radius 3 is 2.53 bits per heavy atom. The molecule has 0 aromatic rings. The highest BCUT2D eigenvalue weighted by Gasteiger charge is 2.41. The van der Waals surface area contributed by atoms with Crippen molar-refractivity contribution >= 4 is 5.78 Å². The van der Waals surface area contributed by atoms with E-state index in [0.29, 0.717) is 26.2 Å². The summed E-state index contributed by atoms with van der Waals surface area (Å²) in [4.78, 5) is 12.3. The van der Waals surface area contributed by atoms with Crippen LogP contribution in [0.2, 0.25) is 0 Å². The van der Waals surface area contributed by atoms with E-state index < -0.39 is 0 Å². The first-order valence-electron chi connectivity index (χ1n) is 7.25. The first-order valence-corrected chi connectivity index (χ1v) is 7.25. The third kappa shape index (κ3) is 3.16. The van der Waals surface area contributed by atoms with E-state index in [2.05, 4.69) is 0 Å². The first kappa shape index (κ1) is 13.5. The van der Waals surface area contributed by atoms with E-state index in [4.69, 9.17) is 18.9 Å². The van der Waals surface area contributed by atoms with Crippen LogP contribution < -0.4 is 0 Å². The molecule has 1 atom stereocenters. The number of ketones is 1. The Balaban J connectivity index is 1.56. The molecule has 0 aromatic heterocycles. The number of rotatable bonds is 3. The minimum absolute atomic E-state index is 0.0969. The summed E-state index contributed by atoms with van der Waals surface area (Å²) in [6, 6.07) is 0. The molecule has 19 heavy (non-hydrogen) atoms. The predicted octanol–water partition coefficient (Wildman–Crippen LogP) is 1.29. The zero-order valence-corrected chi connectivity index (χ0v) is 11.3. The standard InChI is InChI=1S/C14H22O5/c15-12(9-13-17-7-8-18-13)11-1-4-19-14(10-11)2-5-16-6-3-14/h11,13H,1-10H2. The Kier molecular flexibility index (Phi) is 4.17. The van der Waals surface area contributed by atoms with Gasteiger partial charge in [-0.2, -0.15) is 0 Å². The van der Waals surface area contributed by atoms with Gasteiger partial charge in [-0.15, -0.1) is 0 Å². The van der Waals surface area contributed by atoms with Crippen molar-refractivity contribution in [2.75, 3.05) is 33.0 Å². The highest BCUT2D eigenvalue weighted by atomic mass is 16.7. The Morgan fingerprint density at radius 1 is 1.05 bits per heavy atom. The Labute approximate surface area is 113 Å². The zero-order chi connectivity index (χ0) is 13.1. The molecule has 0 N–H and O–H groups in total. The Bertz CT molecular complexity index is 312. The molecule has 0 radical (unpaired) electrons. The highest BCUT2D eigenvalue weighted by Crippen LogP contribution is 2.37. The third-order valence-corrected chi connectivity index (χ3v) is 4.41. The van der Waals surface area contributed by atoms with Crippen molar-refractivity contribution in [2.45, 2.75) is 44.0 Å². The van der Waals surface area contributed by atoms with Crippen LogP contribution in [0.15, 0.2) is 0 Å². The maximum Gasteiger partial charge on any atom is 0.164 e. The molecule has 3 fully saturated rings. The first-order chi connectivity index (χ1) is 9.27. The van der Waals surface area contributed by atoms with Crippen molar-refractivity contribution in [1.29, 1.82) is 0 Å². The van der Waals surface area contributed by atoms with Crippen LogP contribution in [0.3, 0.4) is 0 Å². The number of Topliss-reactive ketones (excluding diaryl/α,β-unsaturated/α-hetero) is 1. The zero-order valence-electron chi connectivity index (χ0n) is 11.3. The van der Waals surface area contributed by atoms with Crippen LogP contribution >= 0.6 is 0 Å². The number of hydrogen-bond donors (Lipinski definition) is 0. The van der Waals surface area contributed by atoms with E-state index in [9.17, 15) is 4.79 Å². The van der Waals surface area contributed by atoms with Crippen molar-refractivity contribution in [3.63, 3.8) is 0 Å². The summed E-state index contributed by atoms with van der Waals surface area (Å²) in [6.07, 6.45) is 3.55. The van der Waals surface area contributed by atoms with Crippen molar-refractivity contribution in [1.82, 2.24) is 0 Å². The van der Waals surface area contributed by atoms with E-state index in [1.54, 1.807) is 0 Å². The summed E-state index contributed by atoms with van der Waals surface area (Å²) in [5, 5.41) is 0. The van der Waals surface area contributed by atoms with E-state index >= 15 is 0 Å². The molecule has 0 bridgehead atoms. The van der Waals surface area contributed by atoms with Gasteiger partial charge in [-0.05, 0) is 25.7 Å². The monoisotopic (exact) mass is 270 g/mol. The molecule has 3 rings (SSSR count). The molecule has 3 aliphatic rings. The second-order valence-corrected chi connectivity index (χ2v) is 5.68. The van der Waals surface area contributed by atoms with E-state index in [0.717, 1.165) is 38.9 Å². The fourth-order valence-electron chi connectivity index (χ4n) is 3.25. The lowest BCUT2D eigenvalue weighted by Gasteiger charge is -2.43. The Morgan fingerprint density at radius 2 is 1.79 bits per heavy atom. The second kappa shape index (κ2) is 5.87. The largest absolute Gasteiger partial charge is 0.381 e. The van der Waals surface area contributed by atoms with Gasteiger partial charge in [0.25, 0.3) is 0 Å². The quantitative estimate of drug-likeness (QED) is 0.773. The molecular weight excluding hydrogens is 248 g/mol. The number of hydrogen-bond acceptors (Lipinski definition) is 5. The third-order valence-electron chi connectivity index (χ3n) is 4.41. The average molecular weight is 270 g/mol. The number of carbonyl (C=O) groups excluding carboxylic acids is 1. The molecule has 0 amide bonds. The lowest BCUT2D eigenvalue weighted by atomic mass is 9.78. The molecule has 3 aliphatic heterocycles. The summed E-state index contributed by atoms with van der Waals surface area (Å²) in [6.45, 7) is 3.38.